The third-order valence-corrected chi connectivity index (χ3v) is 3.57. The van der Waals surface area contributed by atoms with E-state index in [1.807, 2.05) is 13.0 Å². The van der Waals surface area contributed by atoms with Gasteiger partial charge in [0, 0.05) is 13.1 Å². The lowest BCUT2D eigenvalue weighted by atomic mass is 10.1. The molecular weight excluding hydrogens is 196 g/mol. The number of rotatable bonds is 3. The molecule has 2 rings (SSSR count). The lowest BCUT2D eigenvalue weighted by Gasteiger charge is -2.28. The molecule has 1 aliphatic carbocycles. The first-order chi connectivity index (χ1) is 7.63. The molecule has 0 saturated heterocycles. The Bertz CT molecular complexity index is 427. The summed E-state index contributed by atoms with van der Waals surface area (Å²) in [7, 11) is 2.09. The van der Waals surface area contributed by atoms with E-state index in [0.29, 0.717) is 6.04 Å². The summed E-state index contributed by atoms with van der Waals surface area (Å²) in [6.07, 6.45) is 2.67. The average molecular weight is 214 g/mol. The maximum atomic E-state index is 9.15. The molecule has 2 heteroatoms. The van der Waals surface area contributed by atoms with Crippen LogP contribution in [0.15, 0.2) is 18.2 Å². The third kappa shape index (κ3) is 2.04. The molecule has 1 aromatic rings. The molecule has 0 N–H and O–H groups in total. The Kier molecular flexibility index (Phi) is 2.87. The van der Waals surface area contributed by atoms with E-state index in [1.165, 1.54) is 12.8 Å². The Balaban J connectivity index is 2.28. The van der Waals surface area contributed by atoms with Gasteiger partial charge in [0.05, 0.1) is 11.3 Å². The summed E-state index contributed by atoms with van der Waals surface area (Å²) in [6, 6.07) is 8.93. The average Bonchev–Trinajstić information content (AvgIpc) is 3.10. The summed E-state index contributed by atoms with van der Waals surface area (Å²) in [6.45, 7) is 4.27. The van der Waals surface area contributed by atoms with Crippen molar-refractivity contribution in [3.05, 3.63) is 29.3 Å². The Morgan fingerprint density at radius 3 is 2.69 bits per heavy atom. The van der Waals surface area contributed by atoms with Crippen LogP contribution < -0.4 is 4.90 Å². The number of anilines is 1. The number of hydrogen-bond acceptors (Lipinski definition) is 2. The van der Waals surface area contributed by atoms with Crippen molar-refractivity contribution in [2.24, 2.45) is 5.92 Å². The molecule has 0 aliphatic heterocycles. The molecule has 1 atom stereocenters. The summed E-state index contributed by atoms with van der Waals surface area (Å²) in [5.41, 5.74) is 3.00. The molecule has 0 radical (unpaired) electrons. The van der Waals surface area contributed by atoms with Crippen LogP contribution in [0.1, 0.15) is 30.9 Å². The Morgan fingerprint density at radius 1 is 1.44 bits per heavy atom. The fraction of sp³-hybridized carbons (Fsp3) is 0.500. The van der Waals surface area contributed by atoms with E-state index in [9.17, 15) is 0 Å². The normalized spacial score (nSPS) is 16.6. The van der Waals surface area contributed by atoms with Gasteiger partial charge in [-0.3, -0.25) is 0 Å². The number of nitrogens with zero attached hydrogens (tertiary/aromatic N) is 2. The molecule has 0 aromatic heterocycles. The van der Waals surface area contributed by atoms with Gasteiger partial charge >= 0.3 is 0 Å². The summed E-state index contributed by atoms with van der Waals surface area (Å²) in [5, 5.41) is 9.15. The van der Waals surface area contributed by atoms with Gasteiger partial charge in [-0.15, -0.1) is 0 Å². The van der Waals surface area contributed by atoms with Gasteiger partial charge in [-0.05, 0) is 50.3 Å². The van der Waals surface area contributed by atoms with E-state index in [2.05, 4.69) is 37.1 Å². The zero-order valence-electron chi connectivity index (χ0n) is 10.2. The van der Waals surface area contributed by atoms with Gasteiger partial charge in [0.2, 0.25) is 0 Å². The number of benzene rings is 1. The highest BCUT2D eigenvalue weighted by atomic mass is 15.1. The van der Waals surface area contributed by atoms with Gasteiger partial charge in [0.15, 0.2) is 0 Å². The lowest BCUT2D eigenvalue weighted by molar-refractivity contribution is 0.609. The van der Waals surface area contributed by atoms with E-state index < -0.39 is 0 Å². The predicted octanol–water partition coefficient (Wildman–Crippen LogP) is 3.10. The second kappa shape index (κ2) is 4.17. The first kappa shape index (κ1) is 11.0. The van der Waals surface area contributed by atoms with E-state index in [0.717, 1.165) is 22.7 Å². The van der Waals surface area contributed by atoms with Crippen LogP contribution in [0, 0.1) is 24.2 Å². The van der Waals surface area contributed by atoms with Crippen molar-refractivity contribution in [1.29, 1.82) is 5.26 Å². The van der Waals surface area contributed by atoms with Gasteiger partial charge in [0.25, 0.3) is 0 Å². The van der Waals surface area contributed by atoms with Crippen LogP contribution in [0.4, 0.5) is 5.69 Å². The number of nitriles is 1. The van der Waals surface area contributed by atoms with Gasteiger partial charge in [-0.1, -0.05) is 6.07 Å². The quantitative estimate of drug-likeness (QED) is 0.773. The van der Waals surface area contributed by atoms with Gasteiger partial charge < -0.3 is 4.90 Å². The maximum Gasteiger partial charge on any atom is 0.101 e. The Hall–Kier alpha value is -1.49. The van der Waals surface area contributed by atoms with Gasteiger partial charge in [-0.25, -0.2) is 0 Å². The van der Waals surface area contributed by atoms with Crippen molar-refractivity contribution in [3.63, 3.8) is 0 Å². The van der Waals surface area contributed by atoms with Crippen molar-refractivity contribution >= 4 is 5.69 Å². The van der Waals surface area contributed by atoms with E-state index >= 15 is 0 Å². The lowest BCUT2D eigenvalue weighted by Crippen LogP contribution is -2.31. The van der Waals surface area contributed by atoms with Crippen LogP contribution in [-0.2, 0) is 0 Å². The summed E-state index contributed by atoms with van der Waals surface area (Å²) < 4.78 is 0. The molecule has 1 saturated carbocycles. The van der Waals surface area contributed by atoms with E-state index in [1.54, 1.807) is 0 Å². The molecule has 84 valence electrons. The molecule has 0 spiro atoms. The first-order valence-electron chi connectivity index (χ1n) is 5.87. The highest BCUT2D eigenvalue weighted by molar-refractivity contribution is 5.60. The van der Waals surface area contributed by atoms with Crippen LogP contribution in [0.3, 0.4) is 0 Å². The fourth-order valence-corrected chi connectivity index (χ4v) is 2.16. The molecule has 2 nitrogen and oxygen atoms in total. The van der Waals surface area contributed by atoms with E-state index in [4.69, 9.17) is 5.26 Å². The Morgan fingerprint density at radius 2 is 2.12 bits per heavy atom. The van der Waals surface area contributed by atoms with E-state index in [-0.39, 0.29) is 0 Å². The first-order valence-corrected chi connectivity index (χ1v) is 5.87. The molecule has 1 fully saturated rings. The van der Waals surface area contributed by atoms with Crippen molar-refractivity contribution in [1.82, 2.24) is 0 Å². The zero-order valence-corrected chi connectivity index (χ0v) is 10.2. The minimum Gasteiger partial charge on any atom is -0.371 e. The molecule has 0 amide bonds. The standard InChI is InChI=1S/C14H18N2/c1-10-4-7-14(13(8-10)9-15)16(3)11(2)12-5-6-12/h4,7-8,11-12H,5-6H2,1-3H3. The van der Waals surface area contributed by atoms with Gasteiger partial charge in [0.1, 0.15) is 6.07 Å². The second-order valence-corrected chi connectivity index (χ2v) is 4.82. The van der Waals surface area contributed by atoms with Crippen molar-refractivity contribution in [2.45, 2.75) is 32.7 Å². The van der Waals surface area contributed by atoms with Crippen LogP contribution in [0.2, 0.25) is 0 Å². The molecular formula is C14H18N2. The molecule has 0 bridgehead atoms. The molecule has 1 unspecified atom stereocenters. The zero-order chi connectivity index (χ0) is 11.7. The molecule has 16 heavy (non-hydrogen) atoms. The Labute approximate surface area is 97.5 Å². The van der Waals surface area contributed by atoms with Crippen molar-refractivity contribution in [3.8, 4) is 6.07 Å². The highest BCUT2D eigenvalue weighted by Gasteiger charge is 2.31. The van der Waals surface area contributed by atoms with Gasteiger partial charge in [-0.2, -0.15) is 5.26 Å². The number of aryl methyl sites for hydroxylation is 1. The summed E-state index contributed by atoms with van der Waals surface area (Å²) in [5.74, 6) is 0.817. The van der Waals surface area contributed by atoms with Crippen LogP contribution in [0.25, 0.3) is 0 Å². The molecule has 0 heterocycles. The smallest absolute Gasteiger partial charge is 0.101 e. The minimum atomic E-state index is 0.537. The predicted molar refractivity (Wildman–Crippen MR) is 66.5 cm³/mol. The maximum absolute atomic E-state index is 9.15. The molecule has 1 aliphatic rings. The number of hydrogen-bond donors (Lipinski definition) is 0. The van der Waals surface area contributed by atoms with Crippen LogP contribution >= 0.6 is 0 Å². The summed E-state index contributed by atoms with van der Waals surface area (Å²) >= 11 is 0. The van der Waals surface area contributed by atoms with Crippen LogP contribution in [0.5, 0.6) is 0 Å². The third-order valence-electron chi connectivity index (χ3n) is 3.57. The SMILES string of the molecule is Cc1ccc(N(C)C(C)C2CC2)c(C#N)c1. The largest absolute Gasteiger partial charge is 0.371 e. The van der Waals surface area contributed by atoms with Crippen molar-refractivity contribution in [2.75, 3.05) is 11.9 Å². The monoisotopic (exact) mass is 214 g/mol. The minimum absolute atomic E-state index is 0.537. The van der Waals surface area contributed by atoms with Crippen molar-refractivity contribution < 1.29 is 0 Å². The van der Waals surface area contributed by atoms with Crippen LogP contribution in [-0.4, -0.2) is 13.1 Å². The fourth-order valence-electron chi connectivity index (χ4n) is 2.16. The highest BCUT2D eigenvalue weighted by Crippen LogP contribution is 2.36. The summed E-state index contributed by atoms with van der Waals surface area (Å²) in [4.78, 5) is 2.25. The topological polar surface area (TPSA) is 27.0 Å². The second-order valence-electron chi connectivity index (χ2n) is 4.82. The molecule has 1 aromatic carbocycles.